The Balaban J connectivity index is 1.84. The van der Waals surface area contributed by atoms with E-state index in [0.29, 0.717) is 11.5 Å². The Morgan fingerprint density at radius 2 is 2.33 bits per heavy atom. The average Bonchev–Trinajstić information content (AvgIpc) is 3.29. The molecular weight excluding hydrogens is 273 g/mol. The molecule has 1 aromatic rings. The quantitative estimate of drug-likeness (QED) is 0.865. The summed E-state index contributed by atoms with van der Waals surface area (Å²) >= 11 is 0. The summed E-state index contributed by atoms with van der Waals surface area (Å²) in [5.41, 5.74) is 0.561. The molecule has 5 nitrogen and oxygen atoms in total. The van der Waals surface area contributed by atoms with Gasteiger partial charge in [0.05, 0.1) is 17.7 Å². The average molecular weight is 291 g/mol. The molecule has 0 spiro atoms. The Bertz CT molecular complexity index is 567. The summed E-state index contributed by atoms with van der Waals surface area (Å²) in [4.78, 5) is 13.3. The van der Waals surface area contributed by atoms with Crippen LogP contribution in [0.5, 0.6) is 0 Å². The van der Waals surface area contributed by atoms with Crippen molar-refractivity contribution in [2.24, 2.45) is 5.92 Å². The first kappa shape index (κ1) is 15.3. The van der Waals surface area contributed by atoms with Gasteiger partial charge < -0.3 is 15.3 Å². The zero-order chi connectivity index (χ0) is 15.4. The highest BCUT2D eigenvalue weighted by atomic mass is 19.1. The van der Waals surface area contributed by atoms with Crippen molar-refractivity contribution in [3.8, 4) is 6.07 Å². The fourth-order valence-corrected chi connectivity index (χ4v) is 2.06. The van der Waals surface area contributed by atoms with Crippen LogP contribution in [0.25, 0.3) is 0 Å². The maximum Gasteiger partial charge on any atom is 0.317 e. The Morgan fingerprint density at radius 1 is 1.62 bits per heavy atom. The molecule has 1 unspecified atom stereocenters. The molecule has 0 aliphatic heterocycles. The van der Waals surface area contributed by atoms with Crippen molar-refractivity contribution in [1.29, 1.82) is 5.26 Å². The van der Waals surface area contributed by atoms with Crippen LogP contribution in [0, 0.1) is 23.1 Å². The minimum Gasteiger partial charge on any atom is -0.391 e. The summed E-state index contributed by atoms with van der Waals surface area (Å²) in [6.07, 6.45) is 1.52. The van der Waals surface area contributed by atoms with Gasteiger partial charge in [0.25, 0.3) is 0 Å². The van der Waals surface area contributed by atoms with E-state index in [0.717, 1.165) is 18.9 Å². The monoisotopic (exact) mass is 291 g/mol. The van der Waals surface area contributed by atoms with E-state index < -0.39 is 11.9 Å². The van der Waals surface area contributed by atoms with E-state index in [4.69, 9.17) is 5.26 Å². The number of amides is 2. The van der Waals surface area contributed by atoms with E-state index in [1.807, 2.05) is 6.07 Å². The van der Waals surface area contributed by atoms with Gasteiger partial charge in [-0.25, -0.2) is 9.18 Å². The Hall–Kier alpha value is -2.13. The van der Waals surface area contributed by atoms with Gasteiger partial charge in [-0.3, -0.25) is 0 Å². The Morgan fingerprint density at radius 3 is 2.90 bits per heavy atom. The van der Waals surface area contributed by atoms with Crippen LogP contribution in [0.1, 0.15) is 24.0 Å². The molecular formula is C15H18FN3O2. The van der Waals surface area contributed by atoms with Crippen molar-refractivity contribution in [2.45, 2.75) is 25.5 Å². The number of urea groups is 1. The SMILES string of the molecule is CN(CC(O)C1CC1)C(=O)NCc1ccc(C#N)cc1F. The lowest BCUT2D eigenvalue weighted by atomic mass is 10.1. The van der Waals surface area contributed by atoms with Gasteiger partial charge in [0.1, 0.15) is 5.82 Å². The molecule has 0 saturated heterocycles. The van der Waals surface area contributed by atoms with Crippen molar-refractivity contribution in [3.05, 3.63) is 35.1 Å². The third kappa shape index (κ3) is 4.17. The minimum atomic E-state index is -0.519. The van der Waals surface area contributed by atoms with Crippen LogP contribution in [-0.2, 0) is 6.54 Å². The summed E-state index contributed by atoms with van der Waals surface area (Å²) in [6.45, 7) is 0.312. The minimum absolute atomic E-state index is 0.0419. The fourth-order valence-electron chi connectivity index (χ4n) is 2.06. The molecule has 1 aliphatic rings. The maximum absolute atomic E-state index is 13.7. The third-order valence-electron chi connectivity index (χ3n) is 3.59. The number of nitriles is 1. The number of likely N-dealkylation sites (N-methyl/N-ethyl adjacent to an activating group) is 1. The third-order valence-corrected chi connectivity index (χ3v) is 3.59. The molecule has 1 saturated carbocycles. The lowest BCUT2D eigenvalue weighted by Crippen LogP contribution is -2.41. The van der Waals surface area contributed by atoms with Crippen molar-refractivity contribution < 1.29 is 14.3 Å². The summed E-state index contributed by atoms with van der Waals surface area (Å²) < 4.78 is 13.7. The first-order valence-corrected chi connectivity index (χ1v) is 6.87. The van der Waals surface area contributed by atoms with Crippen LogP contribution >= 0.6 is 0 Å². The van der Waals surface area contributed by atoms with Gasteiger partial charge in [0, 0.05) is 25.7 Å². The number of nitrogens with zero attached hydrogens (tertiary/aromatic N) is 2. The molecule has 1 atom stereocenters. The van der Waals surface area contributed by atoms with Crippen LogP contribution < -0.4 is 5.32 Å². The van der Waals surface area contributed by atoms with Gasteiger partial charge in [-0.15, -0.1) is 0 Å². The molecule has 2 rings (SSSR count). The van der Waals surface area contributed by atoms with E-state index in [2.05, 4.69) is 5.32 Å². The topological polar surface area (TPSA) is 76.4 Å². The number of hydrogen-bond donors (Lipinski definition) is 2. The van der Waals surface area contributed by atoms with Crippen molar-refractivity contribution >= 4 is 6.03 Å². The molecule has 1 aromatic carbocycles. The summed E-state index contributed by atoms with van der Waals surface area (Å²) in [5, 5.41) is 21.0. The number of benzene rings is 1. The first-order valence-electron chi connectivity index (χ1n) is 6.87. The molecule has 112 valence electrons. The largest absolute Gasteiger partial charge is 0.391 e. The highest BCUT2D eigenvalue weighted by molar-refractivity contribution is 5.73. The fraction of sp³-hybridized carbons (Fsp3) is 0.467. The number of carbonyl (C=O) groups excluding carboxylic acids is 1. The van der Waals surface area contributed by atoms with Gasteiger partial charge in [0.2, 0.25) is 0 Å². The number of rotatable bonds is 5. The maximum atomic E-state index is 13.7. The second-order valence-electron chi connectivity index (χ2n) is 5.36. The second-order valence-corrected chi connectivity index (χ2v) is 5.36. The van der Waals surface area contributed by atoms with Gasteiger partial charge in [0.15, 0.2) is 0 Å². The normalized spacial score (nSPS) is 15.1. The Labute approximate surface area is 123 Å². The zero-order valence-electron chi connectivity index (χ0n) is 11.8. The van der Waals surface area contributed by atoms with Gasteiger partial charge in [-0.2, -0.15) is 5.26 Å². The molecule has 2 N–H and O–H groups in total. The summed E-state index contributed by atoms with van der Waals surface area (Å²) in [6, 6.07) is 5.62. The van der Waals surface area contributed by atoms with E-state index in [1.165, 1.54) is 17.0 Å². The highest BCUT2D eigenvalue weighted by Crippen LogP contribution is 2.32. The molecule has 2 amide bonds. The van der Waals surface area contributed by atoms with Gasteiger partial charge in [-0.05, 0) is 30.9 Å². The summed E-state index contributed by atoms with van der Waals surface area (Å²) in [5.74, 6) is -0.216. The molecule has 1 aliphatic carbocycles. The lowest BCUT2D eigenvalue weighted by molar-refractivity contribution is 0.113. The molecule has 0 bridgehead atoms. The van der Waals surface area contributed by atoms with E-state index in [9.17, 15) is 14.3 Å². The predicted octanol–water partition coefficient (Wildman–Crippen LogP) is 1.61. The van der Waals surface area contributed by atoms with Crippen molar-refractivity contribution in [1.82, 2.24) is 10.2 Å². The van der Waals surface area contributed by atoms with E-state index in [-0.39, 0.29) is 24.7 Å². The van der Waals surface area contributed by atoms with Crippen molar-refractivity contribution in [2.75, 3.05) is 13.6 Å². The molecule has 6 heteroatoms. The van der Waals surface area contributed by atoms with Crippen LogP contribution in [0.3, 0.4) is 0 Å². The van der Waals surface area contributed by atoms with Crippen LogP contribution in [0.2, 0.25) is 0 Å². The number of aliphatic hydroxyl groups is 1. The molecule has 1 fully saturated rings. The van der Waals surface area contributed by atoms with Gasteiger partial charge in [-0.1, -0.05) is 6.07 Å². The smallest absolute Gasteiger partial charge is 0.317 e. The van der Waals surface area contributed by atoms with Crippen LogP contribution in [0.15, 0.2) is 18.2 Å². The van der Waals surface area contributed by atoms with Crippen LogP contribution in [-0.4, -0.2) is 35.7 Å². The summed E-state index contributed by atoms with van der Waals surface area (Å²) in [7, 11) is 1.59. The van der Waals surface area contributed by atoms with Gasteiger partial charge >= 0.3 is 6.03 Å². The predicted molar refractivity (Wildman–Crippen MR) is 74.7 cm³/mol. The number of nitrogens with one attached hydrogen (secondary N) is 1. The lowest BCUT2D eigenvalue weighted by Gasteiger charge is -2.21. The molecule has 0 radical (unpaired) electrons. The standard InChI is InChI=1S/C15H18FN3O2/c1-19(9-14(20)11-4-5-11)15(21)18-8-12-3-2-10(7-17)6-13(12)16/h2-3,6,11,14,20H,4-5,8-9H2,1H3,(H,18,21). The van der Waals surface area contributed by atoms with E-state index in [1.54, 1.807) is 7.05 Å². The first-order chi connectivity index (χ1) is 10.0. The zero-order valence-corrected chi connectivity index (χ0v) is 11.8. The number of aliphatic hydroxyl groups excluding tert-OH is 1. The number of halogens is 1. The molecule has 0 aromatic heterocycles. The second kappa shape index (κ2) is 6.55. The number of hydrogen-bond acceptors (Lipinski definition) is 3. The van der Waals surface area contributed by atoms with Crippen LogP contribution in [0.4, 0.5) is 9.18 Å². The number of carbonyl (C=O) groups is 1. The van der Waals surface area contributed by atoms with Crippen molar-refractivity contribution in [3.63, 3.8) is 0 Å². The molecule has 0 heterocycles. The molecule has 21 heavy (non-hydrogen) atoms. The van der Waals surface area contributed by atoms with E-state index >= 15 is 0 Å². The Kier molecular flexibility index (Phi) is 4.76. The highest BCUT2D eigenvalue weighted by Gasteiger charge is 2.31.